The third-order valence-corrected chi connectivity index (χ3v) is 3.01. The molecule has 0 aliphatic heterocycles. The van der Waals surface area contributed by atoms with Crippen molar-refractivity contribution in [1.29, 1.82) is 5.26 Å². The van der Waals surface area contributed by atoms with Crippen LogP contribution in [0.2, 0.25) is 0 Å². The lowest BCUT2D eigenvalue weighted by Crippen LogP contribution is -1.97. The van der Waals surface area contributed by atoms with Gasteiger partial charge in [0.25, 0.3) is 0 Å². The average Bonchev–Trinajstić information content (AvgIpc) is 2.60. The molecule has 1 aromatic carbocycles. The summed E-state index contributed by atoms with van der Waals surface area (Å²) in [4.78, 5) is 0. The summed E-state index contributed by atoms with van der Waals surface area (Å²) in [5.41, 5.74) is 8.72. The predicted octanol–water partition coefficient (Wildman–Crippen LogP) is 2.30. The van der Waals surface area contributed by atoms with Crippen molar-refractivity contribution in [1.82, 2.24) is 9.78 Å². The minimum absolute atomic E-state index is 0.596. The number of nitrogens with two attached hydrogens (primary N) is 1. The first kappa shape index (κ1) is 10.7. The summed E-state index contributed by atoms with van der Waals surface area (Å²) in [7, 11) is 1.82. The first-order valence-corrected chi connectivity index (χ1v) is 5.40. The highest BCUT2D eigenvalue weighted by Gasteiger charge is 2.12. The van der Waals surface area contributed by atoms with Gasteiger partial charge in [0.05, 0.1) is 29.2 Å². The molecular weight excluding hydrogens is 268 g/mol. The fourth-order valence-corrected chi connectivity index (χ4v) is 2.00. The summed E-state index contributed by atoms with van der Waals surface area (Å²) in [6.07, 6.45) is 1.60. The molecule has 2 N–H and O–H groups in total. The molecule has 1 heterocycles. The number of nitrogen functional groups attached to an aromatic ring is 1. The fourth-order valence-electron chi connectivity index (χ4n) is 1.56. The van der Waals surface area contributed by atoms with Gasteiger partial charge in [-0.1, -0.05) is 15.9 Å². The van der Waals surface area contributed by atoms with Crippen molar-refractivity contribution in [3.8, 4) is 17.3 Å². The number of halogens is 1. The van der Waals surface area contributed by atoms with Gasteiger partial charge in [-0.3, -0.25) is 4.68 Å². The number of rotatable bonds is 1. The Kier molecular flexibility index (Phi) is 2.67. The molecule has 5 heteroatoms. The van der Waals surface area contributed by atoms with Crippen molar-refractivity contribution in [2.24, 2.45) is 7.05 Å². The van der Waals surface area contributed by atoms with Crippen molar-refractivity contribution < 1.29 is 0 Å². The smallest absolute Gasteiger partial charge is 0.0991 e. The van der Waals surface area contributed by atoms with Gasteiger partial charge in [-0.2, -0.15) is 10.4 Å². The highest BCUT2D eigenvalue weighted by atomic mass is 79.9. The maximum Gasteiger partial charge on any atom is 0.0991 e. The molecule has 1 aromatic heterocycles. The quantitative estimate of drug-likeness (QED) is 0.869. The van der Waals surface area contributed by atoms with Gasteiger partial charge in [0.15, 0.2) is 0 Å². The Bertz CT molecular complexity index is 561. The van der Waals surface area contributed by atoms with E-state index in [1.807, 2.05) is 13.1 Å². The highest BCUT2D eigenvalue weighted by molar-refractivity contribution is 9.10. The molecular formula is C11H9BrN4. The molecule has 0 saturated heterocycles. The van der Waals surface area contributed by atoms with Gasteiger partial charge < -0.3 is 5.73 Å². The highest BCUT2D eigenvalue weighted by Crippen LogP contribution is 2.32. The van der Waals surface area contributed by atoms with E-state index in [2.05, 4.69) is 27.1 Å². The summed E-state index contributed by atoms with van der Waals surface area (Å²) in [6.45, 7) is 0. The molecule has 0 saturated carbocycles. The SMILES string of the molecule is Cn1ncc(N)c1-c1cc(C#N)ccc1Br. The van der Waals surface area contributed by atoms with Crippen LogP contribution in [0.25, 0.3) is 11.3 Å². The van der Waals surface area contributed by atoms with E-state index in [0.717, 1.165) is 15.7 Å². The molecule has 0 unspecified atom stereocenters. The lowest BCUT2D eigenvalue weighted by Gasteiger charge is -2.06. The average molecular weight is 277 g/mol. The van der Waals surface area contributed by atoms with E-state index in [-0.39, 0.29) is 0 Å². The normalized spacial score (nSPS) is 10.1. The zero-order chi connectivity index (χ0) is 11.7. The monoisotopic (exact) mass is 276 g/mol. The molecule has 0 spiro atoms. The Morgan fingerprint density at radius 2 is 2.25 bits per heavy atom. The van der Waals surface area contributed by atoms with Crippen LogP contribution in [0.3, 0.4) is 0 Å². The van der Waals surface area contributed by atoms with Gasteiger partial charge in [0.2, 0.25) is 0 Å². The summed E-state index contributed by atoms with van der Waals surface area (Å²) >= 11 is 3.44. The van der Waals surface area contributed by atoms with Crippen LogP contribution in [0, 0.1) is 11.3 Å². The molecule has 0 aliphatic rings. The van der Waals surface area contributed by atoms with Crippen LogP contribution < -0.4 is 5.73 Å². The Balaban J connectivity index is 2.69. The van der Waals surface area contributed by atoms with Crippen molar-refractivity contribution in [3.05, 3.63) is 34.4 Å². The zero-order valence-corrected chi connectivity index (χ0v) is 10.2. The summed E-state index contributed by atoms with van der Waals surface area (Å²) in [6, 6.07) is 7.48. The predicted molar refractivity (Wildman–Crippen MR) is 65.5 cm³/mol. The van der Waals surface area contributed by atoms with Gasteiger partial charge in [0.1, 0.15) is 0 Å². The number of aryl methyl sites for hydroxylation is 1. The molecule has 2 rings (SSSR count). The second kappa shape index (κ2) is 3.99. The van der Waals surface area contributed by atoms with Crippen LogP contribution in [0.15, 0.2) is 28.9 Å². The second-order valence-corrected chi connectivity index (χ2v) is 4.23. The number of benzene rings is 1. The molecule has 0 aliphatic carbocycles. The van der Waals surface area contributed by atoms with E-state index in [1.54, 1.807) is 23.0 Å². The number of nitrogens with zero attached hydrogens (tertiary/aromatic N) is 3. The van der Waals surface area contributed by atoms with E-state index < -0.39 is 0 Å². The topological polar surface area (TPSA) is 67.6 Å². The Morgan fingerprint density at radius 1 is 1.50 bits per heavy atom. The standard InChI is InChI=1S/C11H9BrN4/c1-16-11(10(14)6-15-16)8-4-7(5-13)2-3-9(8)12/h2-4,6H,14H2,1H3. The second-order valence-electron chi connectivity index (χ2n) is 3.38. The molecule has 16 heavy (non-hydrogen) atoms. The lowest BCUT2D eigenvalue weighted by molar-refractivity contribution is 0.775. The molecule has 4 nitrogen and oxygen atoms in total. The molecule has 0 fully saturated rings. The molecule has 0 bridgehead atoms. The van der Waals surface area contributed by atoms with Gasteiger partial charge >= 0.3 is 0 Å². The van der Waals surface area contributed by atoms with Crippen molar-refractivity contribution >= 4 is 21.6 Å². The number of aromatic nitrogens is 2. The largest absolute Gasteiger partial charge is 0.396 e. The number of anilines is 1. The third-order valence-electron chi connectivity index (χ3n) is 2.32. The molecule has 2 aromatic rings. The molecule has 0 atom stereocenters. The Morgan fingerprint density at radius 3 is 2.81 bits per heavy atom. The van der Waals surface area contributed by atoms with Gasteiger partial charge in [-0.25, -0.2) is 0 Å². The Labute approximate surface area is 101 Å². The fraction of sp³-hybridized carbons (Fsp3) is 0.0909. The maximum atomic E-state index is 8.87. The van der Waals surface area contributed by atoms with E-state index in [0.29, 0.717) is 11.3 Å². The zero-order valence-electron chi connectivity index (χ0n) is 8.61. The third kappa shape index (κ3) is 1.68. The maximum absolute atomic E-state index is 8.87. The molecule has 0 radical (unpaired) electrons. The van der Waals surface area contributed by atoms with Crippen molar-refractivity contribution in [3.63, 3.8) is 0 Å². The molecule has 80 valence electrons. The van der Waals surface area contributed by atoms with Crippen LogP contribution in [0.1, 0.15) is 5.56 Å². The number of hydrogen-bond acceptors (Lipinski definition) is 3. The van der Waals surface area contributed by atoms with Crippen molar-refractivity contribution in [2.75, 3.05) is 5.73 Å². The molecule has 0 amide bonds. The van der Waals surface area contributed by atoms with E-state index in [1.165, 1.54) is 0 Å². The van der Waals surface area contributed by atoms with E-state index >= 15 is 0 Å². The van der Waals surface area contributed by atoms with Crippen molar-refractivity contribution in [2.45, 2.75) is 0 Å². The van der Waals surface area contributed by atoms with Crippen LogP contribution in [-0.4, -0.2) is 9.78 Å². The summed E-state index contributed by atoms with van der Waals surface area (Å²) in [5.74, 6) is 0. The summed E-state index contributed by atoms with van der Waals surface area (Å²) in [5, 5.41) is 12.9. The van der Waals surface area contributed by atoms with Gasteiger partial charge in [0, 0.05) is 17.1 Å². The van der Waals surface area contributed by atoms with Gasteiger partial charge in [-0.05, 0) is 18.2 Å². The lowest BCUT2D eigenvalue weighted by atomic mass is 10.1. The van der Waals surface area contributed by atoms with Gasteiger partial charge in [-0.15, -0.1) is 0 Å². The minimum atomic E-state index is 0.596. The van der Waals surface area contributed by atoms with E-state index in [4.69, 9.17) is 11.0 Å². The first-order valence-electron chi connectivity index (χ1n) is 4.61. The Hall–Kier alpha value is -1.80. The minimum Gasteiger partial charge on any atom is -0.396 e. The van der Waals surface area contributed by atoms with E-state index in [9.17, 15) is 0 Å². The van der Waals surface area contributed by atoms with Crippen LogP contribution in [0.4, 0.5) is 5.69 Å². The summed E-state index contributed by atoms with van der Waals surface area (Å²) < 4.78 is 2.58. The number of nitriles is 1. The number of hydrogen-bond donors (Lipinski definition) is 1. The van der Waals surface area contributed by atoms with Crippen LogP contribution in [0.5, 0.6) is 0 Å². The van der Waals surface area contributed by atoms with Crippen LogP contribution in [-0.2, 0) is 7.05 Å². The van der Waals surface area contributed by atoms with Crippen LogP contribution >= 0.6 is 15.9 Å². The first-order chi connectivity index (χ1) is 7.63.